The Morgan fingerprint density at radius 1 is 1.31 bits per heavy atom. The molecule has 32 heavy (non-hydrogen) atoms. The number of para-hydroxylation sites is 1. The number of nitriles is 1. The van der Waals surface area contributed by atoms with E-state index in [1.165, 1.54) is 16.1 Å². The smallest absolute Gasteiger partial charge is 0.310 e. The van der Waals surface area contributed by atoms with Gasteiger partial charge in [0.2, 0.25) is 10.0 Å². The van der Waals surface area contributed by atoms with Gasteiger partial charge in [0, 0.05) is 18.8 Å². The van der Waals surface area contributed by atoms with Crippen molar-refractivity contribution in [2.45, 2.75) is 31.6 Å². The molecule has 170 valence electrons. The zero-order valence-electron chi connectivity index (χ0n) is 17.9. The summed E-state index contributed by atoms with van der Waals surface area (Å²) in [6.45, 7) is 2.55. The maximum Gasteiger partial charge on any atom is 0.310 e. The Kier molecular flexibility index (Phi) is 7.27. The van der Waals surface area contributed by atoms with E-state index in [2.05, 4.69) is 5.16 Å². The Morgan fingerprint density at radius 2 is 2.03 bits per heavy atom. The minimum Gasteiger partial charge on any atom is -0.455 e. The number of ether oxygens (including phenoxy) is 1. The number of benzene rings is 1. The number of sulfonamides is 1. The average Bonchev–Trinajstić information content (AvgIpc) is 3.14. The molecule has 1 fully saturated rings. The number of aromatic nitrogens is 1. The van der Waals surface area contributed by atoms with Crippen LogP contribution in [0.15, 0.2) is 39.8 Å². The summed E-state index contributed by atoms with van der Waals surface area (Å²) < 4.78 is 37.5. The summed E-state index contributed by atoms with van der Waals surface area (Å²) in [4.78, 5) is 26.4. The van der Waals surface area contributed by atoms with Gasteiger partial charge in [0.1, 0.15) is 17.1 Å². The van der Waals surface area contributed by atoms with Gasteiger partial charge in [0.05, 0.1) is 12.0 Å². The topological polar surface area (TPSA) is 134 Å². The van der Waals surface area contributed by atoms with E-state index in [0.29, 0.717) is 18.5 Å². The fraction of sp³-hybridized carbons (Fsp3) is 0.429. The van der Waals surface area contributed by atoms with Crippen LogP contribution in [-0.2, 0) is 24.3 Å². The van der Waals surface area contributed by atoms with Gasteiger partial charge in [-0.3, -0.25) is 14.5 Å². The third-order valence-electron chi connectivity index (χ3n) is 5.22. The van der Waals surface area contributed by atoms with Gasteiger partial charge in [0.25, 0.3) is 5.91 Å². The molecule has 1 aromatic heterocycles. The fourth-order valence-electron chi connectivity index (χ4n) is 3.66. The van der Waals surface area contributed by atoms with Crippen LogP contribution >= 0.6 is 0 Å². The van der Waals surface area contributed by atoms with E-state index in [4.69, 9.17) is 14.5 Å². The number of esters is 1. The van der Waals surface area contributed by atoms with Crippen LogP contribution in [0.3, 0.4) is 0 Å². The molecule has 1 unspecified atom stereocenters. The van der Waals surface area contributed by atoms with Crippen LogP contribution in [0.5, 0.6) is 0 Å². The molecule has 0 aliphatic carbocycles. The molecule has 1 amide bonds. The quantitative estimate of drug-likeness (QED) is 0.451. The van der Waals surface area contributed by atoms with E-state index in [1.807, 2.05) is 6.07 Å². The van der Waals surface area contributed by atoms with Gasteiger partial charge in [0.15, 0.2) is 12.4 Å². The van der Waals surface area contributed by atoms with E-state index in [0.717, 1.165) is 0 Å². The Bertz CT molecular complexity index is 1100. The molecule has 2 aromatic rings. The second kappa shape index (κ2) is 9.93. The lowest BCUT2D eigenvalue weighted by atomic mass is 10.00. The normalized spacial score (nSPS) is 16.8. The molecule has 3 rings (SSSR count). The Morgan fingerprint density at radius 3 is 2.66 bits per heavy atom. The fourth-order valence-corrected chi connectivity index (χ4v) is 5.47. The van der Waals surface area contributed by atoms with Gasteiger partial charge in [-0.25, -0.2) is 8.42 Å². The molecule has 0 radical (unpaired) electrons. The second-order valence-electron chi connectivity index (χ2n) is 7.44. The van der Waals surface area contributed by atoms with Crippen molar-refractivity contribution in [1.29, 1.82) is 5.26 Å². The number of aryl methyl sites for hydroxylation is 2. The lowest BCUT2D eigenvalue weighted by Crippen LogP contribution is -2.43. The Labute approximate surface area is 186 Å². The van der Waals surface area contributed by atoms with Crippen LogP contribution in [-0.4, -0.2) is 56.0 Å². The van der Waals surface area contributed by atoms with Crippen molar-refractivity contribution in [3.05, 3.63) is 41.8 Å². The van der Waals surface area contributed by atoms with Crippen molar-refractivity contribution in [2.75, 3.05) is 31.1 Å². The minimum atomic E-state index is -3.88. The van der Waals surface area contributed by atoms with Crippen LogP contribution in [0.2, 0.25) is 0 Å². The van der Waals surface area contributed by atoms with Gasteiger partial charge in [-0.15, -0.1) is 0 Å². The summed E-state index contributed by atoms with van der Waals surface area (Å²) in [7, 11) is -3.88. The van der Waals surface area contributed by atoms with E-state index in [-0.39, 0.29) is 36.0 Å². The van der Waals surface area contributed by atoms with Crippen LogP contribution < -0.4 is 4.90 Å². The number of anilines is 1. The number of piperidine rings is 1. The second-order valence-corrected chi connectivity index (χ2v) is 9.31. The standard InChI is InChI=1S/C21H24N4O6S/c1-15-20(16(2)31-23-15)32(28,29)24-11-6-7-17(13-24)21(27)30-14-19(26)25(12-10-22)18-8-4-3-5-9-18/h3-5,8-9,17H,6-7,11-14H2,1-2H3. The van der Waals surface area contributed by atoms with Crippen LogP contribution in [0, 0.1) is 31.1 Å². The monoisotopic (exact) mass is 460 g/mol. The molecule has 1 aliphatic rings. The Balaban J connectivity index is 1.64. The summed E-state index contributed by atoms with van der Waals surface area (Å²) in [5.41, 5.74) is 0.779. The van der Waals surface area contributed by atoms with Crippen molar-refractivity contribution in [3.63, 3.8) is 0 Å². The highest BCUT2D eigenvalue weighted by atomic mass is 32.2. The first-order chi connectivity index (χ1) is 15.3. The van der Waals surface area contributed by atoms with E-state index in [9.17, 15) is 18.0 Å². The van der Waals surface area contributed by atoms with Crippen molar-refractivity contribution >= 4 is 27.6 Å². The van der Waals surface area contributed by atoms with Crippen LogP contribution in [0.25, 0.3) is 0 Å². The molecule has 10 nitrogen and oxygen atoms in total. The van der Waals surface area contributed by atoms with Crippen LogP contribution in [0.4, 0.5) is 5.69 Å². The van der Waals surface area contributed by atoms with E-state index in [1.54, 1.807) is 37.3 Å². The molecule has 0 bridgehead atoms. The number of amides is 1. The summed E-state index contributed by atoms with van der Waals surface area (Å²) in [5, 5.41) is 12.7. The highest BCUT2D eigenvalue weighted by Crippen LogP contribution is 2.28. The molecule has 0 spiro atoms. The molecule has 1 saturated heterocycles. The zero-order valence-corrected chi connectivity index (χ0v) is 18.7. The first-order valence-electron chi connectivity index (χ1n) is 10.1. The van der Waals surface area contributed by atoms with E-state index < -0.39 is 34.4 Å². The van der Waals surface area contributed by atoms with Gasteiger partial charge >= 0.3 is 5.97 Å². The molecule has 0 saturated carbocycles. The number of carbonyl (C=O) groups excluding carboxylic acids is 2. The molecule has 1 aliphatic heterocycles. The number of hydrogen-bond donors (Lipinski definition) is 0. The first kappa shape index (κ1) is 23.4. The van der Waals surface area contributed by atoms with Gasteiger partial charge in [-0.2, -0.15) is 9.57 Å². The predicted molar refractivity (Wildman–Crippen MR) is 113 cm³/mol. The molecule has 1 atom stereocenters. The first-order valence-corrected chi connectivity index (χ1v) is 11.5. The summed E-state index contributed by atoms with van der Waals surface area (Å²) in [6.07, 6.45) is 0.919. The van der Waals surface area contributed by atoms with Crippen LogP contribution in [0.1, 0.15) is 24.3 Å². The Hall–Kier alpha value is -3.23. The van der Waals surface area contributed by atoms with Gasteiger partial charge < -0.3 is 9.26 Å². The number of hydrogen-bond acceptors (Lipinski definition) is 8. The largest absolute Gasteiger partial charge is 0.455 e. The molecular formula is C21H24N4O6S. The third kappa shape index (κ3) is 4.98. The highest BCUT2D eigenvalue weighted by Gasteiger charge is 2.37. The molecule has 1 aromatic carbocycles. The lowest BCUT2D eigenvalue weighted by molar-refractivity contribution is -0.153. The maximum atomic E-state index is 13.0. The average molecular weight is 461 g/mol. The molecular weight excluding hydrogens is 436 g/mol. The minimum absolute atomic E-state index is 0.0108. The number of carbonyl (C=O) groups is 2. The van der Waals surface area contributed by atoms with Crippen molar-refractivity contribution < 1.29 is 27.3 Å². The molecule has 2 heterocycles. The van der Waals surface area contributed by atoms with Gasteiger partial charge in [-0.05, 0) is 38.8 Å². The third-order valence-corrected chi connectivity index (χ3v) is 7.33. The van der Waals surface area contributed by atoms with Crippen molar-refractivity contribution in [2.24, 2.45) is 5.92 Å². The van der Waals surface area contributed by atoms with Crippen molar-refractivity contribution in [3.8, 4) is 6.07 Å². The maximum absolute atomic E-state index is 13.0. The zero-order chi connectivity index (χ0) is 23.3. The lowest BCUT2D eigenvalue weighted by Gasteiger charge is -2.30. The van der Waals surface area contributed by atoms with Crippen molar-refractivity contribution in [1.82, 2.24) is 9.46 Å². The molecule has 0 N–H and O–H groups in total. The number of rotatable bonds is 7. The molecule has 11 heteroatoms. The highest BCUT2D eigenvalue weighted by molar-refractivity contribution is 7.89. The predicted octanol–water partition coefficient (Wildman–Crippen LogP) is 1.79. The van der Waals surface area contributed by atoms with Gasteiger partial charge in [-0.1, -0.05) is 23.4 Å². The van der Waals surface area contributed by atoms with E-state index >= 15 is 0 Å². The summed E-state index contributed by atoms with van der Waals surface area (Å²) in [6, 6.07) is 10.5. The summed E-state index contributed by atoms with van der Waals surface area (Å²) in [5.74, 6) is -1.70. The summed E-state index contributed by atoms with van der Waals surface area (Å²) >= 11 is 0. The number of nitrogens with zero attached hydrogens (tertiary/aromatic N) is 4. The SMILES string of the molecule is Cc1noc(C)c1S(=O)(=O)N1CCCC(C(=O)OCC(=O)N(CC#N)c2ccccc2)C1.